The molecular formula is C14H23ClN4O3S2. The third-order valence-electron chi connectivity index (χ3n) is 3.58. The first-order valence-electron chi connectivity index (χ1n) is 7.88. The number of sulfonamides is 1. The second-order valence-corrected chi connectivity index (χ2v) is 9.12. The van der Waals surface area contributed by atoms with Crippen LogP contribution >= 0.6 is 22.9 Å². The Morgan fingerprint density at radius 1 is 1.46 bits per heavy atom. The van der Waals surface area contributed by atoms with Crippen LogP contribution in [0.4, 0.5) is 0 Å². The third kappa shape index (κ3) is 5.59. The van der Waals surface area contributed by atoms with Crippen LogP contribution in [0.15, 0.2) is 21.3 Å². The average Bonchev–Trinajstić information content (AvgIpc) is 2.99. The van der Waals surface area contributed by atoms with Crippen LogP contribution in [-0.2, 0) is 10.0 Å². The van der Waals surface area contributed by atoms with Gasteiger partial charge in [-0.25, -0.2) is 13.1 Å². The van der Waals surface area contributed by atoms with Crippen molar-refractivity contribution in [1.82, 2.24) is 14.9 Å². The van der Waals surface area contributed by atoms with E-state index in [0.29, 0.717) is 10.9 Å². The molecule has 3 N–H and O–H groups in total. The van der Waals surface area contributed by atoms with Crippen molar-refractivity contribution in [3.8, 4) is 0 Å². The summed E-state index contributed by atoms with van der Waals surface area (Å²) in [5.41, 5.74) is 0. The van der Waals surface area contributed by atoms with Gasteiger partial charge in [-0.2, -0.15) is 0 Å². The molecule has 0 spiro atoms. The van der Waals surface area contributed by atoms with Crippen LogP contribution in [0.1, 0.15) is 19.8 Å². The SMILES string of the molecule is CCNC(=NCCNS(=O)(=O)c1ccc(Cl)s1)N1CCC(O)CC1. The van der Waals surface area contributed by atoms with E-state index in [9.17, 15) is 13.5 Å². The topological polar surface area (TPSA) is 94.0 Å². The van der Waals surface area contributed by atoms with Gasteiger partial charge in [0.2, 0.25) is 10.0 Å². The van der Waals surface area contributed by atoms with Gasteiger partial charge in [-0.05, 0) is 31.9 Å². The highest BCUT2D eigenvalue weighted by molar-refractivity contribution is 7.91. The summed E-state index contributed by atoms with van der Waals surface area (Å²) in [6.45, 7) is 4.75. The molecule has 24 heavy (non-hydrogen) atoms. The van der Waals surface area contributed by atoms with E-state index in [-0.39, 0.29) is 16.9 Å². The Labute approximate surface area is 151 Å². The van der Waals surface area contributed by atoms with Crippen LogP contribution in [0.3, 0.4) is 0 Å². The summed E-state index contributed by atoms with van der Waals surface area (Å²) < 4.78 is 27.4. The molecular weight excluding hydrogens is 372 g/mol. The second-order valence-electron chi connectivity index (χ2n) is 5.41. The van der Waals surface area contributed by atoms with Crippen LogP contribution in [0.5, 0.6) is 0 Å². The smallest absolute Gasteiger partial charge is 0.250 e. The third-order valence-corrected chi connectivity index (χ3v) is 6.76. The predicted octanol–water partition coefficient (Wildman–Crippen LogP) is 1.10. The van der Waals surface area contributed by atoms with E-state index in [4.69, 9.17) is 11.6 Å². The lowest BCUT2D eigenvalue weighted by Crippen LogP contribution is -2.46. The molecule has 2 heterocycles. The molecule has 0 saturated carbocycles. The molecule has 1 aromatic heterocycles. The molecule has 0 amide bonds. The summed E-state index contributed by atoms with van der Waals surface area (Å²) in [5, 5.41) is 12.8. The van der Waals surface area contributed by atoms with Gasteiger partial charge < -0.3 is 15.3 Å². The van der Waals surface area contributed by atoms with Gasteiger partial charge in [0.05, 0.1) is 17.0 Å². The number of rotatable bonds is 6. The van der Waals surface area contributed by atoms with Gasteiger partial charge in [0.25, 0.3) is 0 Å². The number of aliphatic hydroxyl groups excluding tert-OH is 1. The predicted molar refractivity (Wildman–Crippen MR) is 97.3 cm³/mol. The van der Waals surface area contributed by atoms with Crippen molar-refractivity contribution in [1.29, 1.82) is 0 Å². The van der Waals surface area contributed by atoms with Crippen molar-refractivity contribution in [3.05, 3.63) is 16.5 Å². The summed E-state index contributed by atoms with van der Waals surface area (Å²) in [7, 11) is -3.53. The number of hydrogen-bond acceptors (Lipinski definition) is 5. The Morgan fingerprint density at radius 3 is 2.75 bits per heavy atom. The molecule has 1 aliphatic heterocycles. The standard InChI is InChI=1S/C14H23ClN4O3S2/c1-2-16-14(19-9-5-11(20)6-10-19)17-7-8-18-24(21,22)13-4-3-12(15)23-13/h3-4,11,18,20H,2,5-10H2,1H3,(H,16,17). The molecule has 0 aromatic carbocycles. The van der Waals surface area contributed by atoms with Crippen LogP contribution in [0.2, 0.25) is 4.34 Å². The number of nitrogens with one attached hydrogen (secondary N) is 2. The summed E-state index contributed by atoms with van der Waals surface area (Å²) in [6, 6.07) is 3.05. The van der Waals surface area contributed by atoms with Gasteiger partial charge in [-0.15, -0.1) is 11.3 Å². The molecule has 1 fully saturated rings. The molecule has 1 aromatic rings. The van der Waals surface area contributed by atoms with E-state index in [2.05, 4.69) is 19.9 Å². The lowest BCUT2D eigenvalue weighted by Gasteiger charge is -2.32. The van der Waals surface area contributed by atoms with Gasteiger partial charge in [-0.1, -0.05) is 11.6 Å². The zero-order valence-electron chi connectivity index (χ0n) is 13.5. The first kappa shape index (κ1) is 19.5. The van der Waals surface area contributed by atoms with Gasteiger partial charge in [0.1, 0.15) is 4.21 Å². The second kappa shape index (κ2) is 9.00. The molecule has 0 radical (unpaired) electrons. The van der Waals surface area contributed by atoms with E-state index in [1.807, 2.05) is 6.92 Å². The van der Waals surface area contributed by atoms with Crippen molar-refractivity contribution in [2.75, 3.05) is 32.7 Å². The van der Waals surface area contributed by atoms with E-state index in [0.717, 1.165) is 49.8 Å². The minimum Gasteiger partial charge on any atom is -0.393 e. The molecule has 10 heteroatoms. The van der Waals surface area contributed by atoms with Crippen LogP contribution in [-0.4, -0.2) is 63.2 Å². The zero-order valence-corrected chi connectivity index (χ0v) is 15.9. The highest BCUT2D eigenvalue weighted by Gasteiger charge is 2.20. The van der Waals surface area contributed by atoms with E-state index < -0.39 is 10.0 Å². The van der Waals surface area contributed by atoms with Crippen molar-refractivity contribution < 1.29 is 13.5 Å². The molecule has 1 saturated heterocycles. The number of aliphatic imine (C=N–C) groups is 1. The van der Waals surface area contributed by atoms with E-state index >= 15 is 0 Å². The number of thiophene rings is 1. The van der Waals surface area contributed by atoms with Crippen molar-refractivity contribution >= 4 is 38.9 Å². The lowest BCUT2D eigenvalue weighted by molar-refractivity contribution is 0.108. The molecule has 0 bridgehead atoms. The Bertz CT molecular complexity index is 655. The number of aliphatic hydroxyl groups is 1. The number of halogens is 1. The Kier molecular flexibility index (Phi) is 7.30. The van der Waals surface area contributed by atoms with Crippen molar-refractivity contribution in [2.24, 2.45) is 4.99 Å². The minimum absolute atomic E-state index is 0.202. The number of likely N-dealkylation sites (tertiary alicyclic amines) is 1. The molecule has 2 rings (SSSR count). The van der Waals surface area contributed by atoms with Gasteiger partial charge in [0, 0.05) is 26.2 Å². The van der Waals surface area contributed by atoms with Crippen LogP contribution < -0.4 is 10.0 Å². The molecule has 0 aliphatic carbocycles. The van der Waals surface area contributed by atoms with Crippen molar-refractivity contribution in [3.63, 3.8) is 0 Å². The Balaban J connectivity index is 1.88. The highest BCUT2D eigenvalue weighted by atomic mass is 35.5. The maximum atomic E-state index is 12.1. The maximum Gasteiger partial charge on any atom is 0.250 e. The molecule has 1 aliphatic rings. The van der Waals surface area contributed by atoms with E-state index in [1.165, 1.54) is 6.07 Å². The summed E-state index contributed by atoms with van der Waals surface area (Å²) >= 11 is 6.80. The fourth-order valence-electron chi connectivity index (χ4n) is 2.36. The summed E-state index contributed by atoms with van der Waals surface area (Å²) in [5.74, 6) is 0.753. The van der Waals surface area contributed by atoms with Gasteiger partial charge >= 0.3 is 0 Å². The Hall–Kier alpha value is -0.870. The minimum atomic E-state index is -3.53. The summed E-state index contributed by atoms with van der Waals surface area (Å²) in [6.07, 6.45) is 1.19. The van der Waals surface area contributed by atoms with Crippen LogP contribution in [0, 0.1) is 0 Å². The highest BCUT2D eigenvalue weighted by Crippen LogP contribution is 2.25. The maximum absolute atomic E-state index is 12.1. The normalized spacial score (nSPS) is 17.3. The molecule has 0 unspecified atom stereocenters. The number of nitrogens with zero attached hydrogens (tertiary/aromatic N) is 2. The molecule has 7 nitrogen and oxygen atoms in total. The lowest BCUT2D eigenvalue weighted by atomic mass is 10.1. The average molecular weight is 395 g/mol. The Morgan fingerprint density at radius 2 is 2.17 bits per heavy atom. The van der Waals surface area contributed by atoms with Gasteiger partial charge in [-0.3, -0.25) is 4.99 Å². The molecule has 136 valence electrons. The largest absolute Gasteiger partial charge is 0.393 e. The van der Waals surface area contributed by atoms with Crippen molar-refractivity contribution in [2.45, 2.75) is 30.1 Å². The fraction of sp³-hybridized carbons (Fsp3) is 0.643. The fourth-order valence-corrected chi connectivity index (χ4v) is 4.91. The number of piperidine rings is 1. The molecule has 0 atom stereocenters. The quantitative estimate of drug-likeness (QED) is 0.381. The number of guanidine groups is 1. The van der Waals surface area contributed by atoms with Crippen LogP contribution in [0.25, 0.3) is 0 Å². The first-order chi connectivity index (χ1) is 11.4. The zero-order chi connectivity index (χ0) is 17.6. The van der Waals surface area contributed by atoms with Gasteiger partial charge in [0.15, 0.2) is 5.96 Å². The van der Waals surface area contributed by atoms with E-state index in [1.54, 1.807) is 6.07 Å². The summed E-state index contributed by atoms with van der Waals surface area (Å²) in [4.78, 5) is 6.55. The number of hydrogen-bond donors (Lipinski definition) is 3. The monoisotopic (exact) mass is 394 g/mol. The first-order valence-corrected chi connectivity index (χ1v) is 10.6.